The van der Waals surface area contributed by atoms with E-state index < -0.39 is 20.7 Å². The van der Waals surface area contributed by atoms with Crippen LogP contribution in [0, 0.1) is 10.1 Å². The number of rotatable bonds is 5. The molecule has 1 N–H and O–H groups in total. The molecule has 9 heteroatoms. The molecule has 2 fully saturated rings. The van der Waals surface area contributed by atoms with Crippen molar-refractivity contribution in [3.05, 3.63) is 33.9 Å². The quantitative estimate of drug-likeness (QED) is 0.633. The van der Waals surface area contributed by atoms with Crippen LogP contribution < -0.4 is 5.32 Å². The number of nitrogens with one attached hydrogen (secondary N) is 1. The summed E-state index contributed by atoms with van der Waals surface area (Å²) in [6.45, 7) is 0. The number of nitro groups is 1. The molecule has 1 aromatic rings. The van der Waals surface area contributed by atoms with Crippen LogP contribution >= 0.6 is 0 Å². The third kappa shape index (κ3) is 3.50. The smallest absolute Gasteiger partial charge is 0.293 e. The lowest BCUT2D eigenvalue weighted by Gasteiger charge is -2.23. The fourth-order valence-corrected chi connectivity index (χ4v) is 4.61. The standard InChI is InChI=1S/C15H19N3O5S/c1-17(12-6-7-24(22,23)9-12)15(19)10-2-5-13(16-11-3-4-11)14(8-10)18(20)21/h2,5,8,11-12,16H,3-4,6-7,9H2,1H3. The molecule has 0 spiro atoms. The second-order valence-corrected chi connectivity index (χ2v) is 8.61. The van der Waals surface area contributed by atoms with Crippen molar-refractivity contribution in [1.82, 2.24) is 4.90 Å². The van der Waals surface area contributed by atoms with Crippen molar-refractivity contribution in [1.29, 1.82) is 0 Å². The number of anilines is 1. The monoisotopic (exact) mass is 353 g/mol. The molecule has 1 atom stereocenters. The summed E-state index contributed by atoms with van der Waals surface area (Å²) >= 11 is 0. The summed E-state index contributed by atoms with van der Waals surface area (Å²) in [6.07, 6.45) is 2.36. The Bertz CT molecular complexity index is 788. The zero-order valence-electron chi connectivity index (χ0n) is 13.3. The van der Waals surface area contributed by atoms with E-state index in [-0.39, 0.29) is 34.8 Å². The molecular weight excluding hydrogens is 334 g/mol. The van der Waals surface area contributed by atoms with Crippen molar-refractivity contribution >= 4 is 27.1 Å². The maximum Gasteiger partial charge on any atom is 0.293 e. The first kappa shape index (κ1) is 16.7. The molecule has 0 radical (unpaired) electrons. The van der Waals surface area contributed by atoms with Crippen LogP contribution in [0.25, 0.3) is 0 Å². The Morgan fingerprint density at radius 1 is 1.33 bits per heavy atom. The van der Waals surface area contributed by atoms with E-state index in [2.05, 4.69) is 5.32 Å². The Kier molecular flexibility index (Phi) is 4.20. The lowest BCUT2D eigenvalue weighted by atomic mass is 10.1. The fraction of sp³-hybridized carbons (Fsp3) is 0.533. The molecule has 0 bridgehead atoms. The number of benzene rings is 1. The van der Waals surface area contributed by atoms with E-state index in [0.29, 0.717) is 12.1 Å². The number of carbonyl (C=O) groups is 1. The number of amides is 1. The third-order valence-corrected chi connectivity index (χ3v) is 6.21. The normalized spacial score (nSPS) is 22.1. The largest absolute Gasteiger partial charge is 0.377 e. The highest BCUT2D eigenvalue weighted by Crippen LogP contribution is 2.32. The van der Waals surface area contributed by atoms with Gasteiger partial charge in [0.15, 0.2) is 9.84 Å². The van der Waals surface area contributed by atoms with Gasteiger partial charge in [-0.2, -0.15) is 0 Å². The van der Waals surface area contributed by atoms with Gasteiger partial charge in [-0.3, -0.25) is 14.9 Å². The summed E-state index contributed by atoms with van der Waals surface area (Å²) in [5.41, 5.74) is 0.459. The topological polar surface area (TPSA) is 110 Å². The van der Waals surface area contributed by atoms with E-state index in [4.69, 9.17) is 0 Å². The van der Waals surface area contributed by atoms with E-state index in [9.17, 15) is 23.3 Å². The lowest BCUT2D eigenvalue weighted by molar-refractivity contribution is -0.384. The number of hydrogen-bond donors (Lipinski definition) is 1. The highest BCUT2D eigenvalue weighted by molar-refractivity contribution is 7.91. The number of sulfone groups is 1. The van der Waals surface area contributed by atoms with Crippen molar-refractivity contribution < 1.29 is 18.1 Å². The van der Waals surface area contributed by atoms with Gasteiger partial charge >= 0.3 is 0 Å². The molecule has 0 aromatic heterocycles. The van der Waals surface area contributed by atoms with Crippen LogP contribution in [0.1, 0.15) is 29.6 Å². The van der Waals surface area contributed by atoms with E-state index >= 15 is 0 Å². The summed E-state index contributed by atoms with van der Waals surface area (Å²) in [5, 5.41) is 14.4. The first-order valence-corrected chi connectivity index (χ1v) is 9.61. The second kappa shape index (κ2) is 6.04. The van der Waals surface area contributed by atoms with Crippen LogP contribution in [0.5, 0.6) is 0 Å². The minimum absolute atomic E-state index is 0.0569. The van der Waals surface area contributed by atoms with Gasteiger partial charge in [-0.05, 0) is 31.4 Å². The number of nitrogens with zero attached hydrogens (tertiary/aromatic N) is 2. The first-order valence-electron chi connectivity index (χ1n) is 7.79. The average molecular weight is 353 g/mol. The van der Waals surface area contributed by atoms with Gasteiger partial charge in [-0.25, -0.2) is 8.42 Å². The SMILES string of the molecule is CN(C(=O)c1ccc(NC2CC2)c([N+](=O)[O-])c1)C1CCS(=O)(=O)C1. The summed E-state index contributed by atoms with van der Waals surface area (Å²) in [5.74, 6) is -0.392. The van der Waals surface area contributed by atoms with Crippen LogP contribution in [0.15, 0.2) is 18.2 Å². The van der Waals surface area contributed by atoms with E-state index in [1.54, 1.807) is 12.1 Å². The van der Waals surface area contributed by atoms with Crippen molar-refractivity contribution in [2.45, 2.75) is 31.3 Å². The highest BCUT2D eigenvalue weighted by Gasteiger charge is 2.33. The number of hydrogen-bond acceptors (Lipinski definition) is 6. The van der Waals surface area contributed by atoms with Crippen LogP contribution in [-0.4, -0.2) is 54.8 Å². The van der Waals surface area contributed by atoms with Gasteiger partial charge < -0.3 is 10.2 Å². The molecule has 130 valence electrons. The summed E-state index contributed by atoms with van der Waals surface area (Å²) < 4.78 is 23.1. The van der Waals surface area contributed by atoms with Gasteiger partial charge in [0.1, 0.15) is 5.69 Å². The number of carbonyl (C=O) groups excluding carboxylic acids is 1. The highest BCUT2D eigenvalue weighted by atomic mass is 32.2. The minimum Gasteiger partial charge on any atom is -0.377 e. The molecule has 8 nitrogen and oxygen atoms in total. The Balaban J connectivity index is 1.81. The van der Waals surface area contributed by atoms with E-state index in [1.807, 2.05) is 0 Å². The number of nitro benzene ring substituents is 1. The molecule has 3 rings (SSSR count). The van der Waals surface area contributed by atoms with Crippen LogP contribution in [0.3, 0.4) is 0 Å². The predicted molar refractivity (Wildman–Crippen MR) is 88.9 cm³/mol. The van der Waals surface area contributed by atoms with Crippen molar-refractivity contribution in [3.8, 4) is 0 Å². The molecule has 2 aliphatic rings. The molecule has 1 aromatic carbocycles. The second-order valence-electron chi connectivity index (χ2n) is 6.38. The van der Waals surface area contributed by atoms with Gasteiger partial charge in [-0.15, -0.1) is 0 Å². The minimum atomic E-state index is -3.10. The van der Waals surface area contributed by atoms with Gasteiger partial charge in [-0.1, -0.05) is 0 Å². The maximum atomic E-state index is 12.6. The Hall–Kier alpha value is -2.16. The van der Waals surface area contributed by atoms with Crippen molar-refractivity contribution in [2.75, 3.05) is 23.9 Å². The molecule has 1 saturated heterocycles. The maximum absolute atomic E-state index is 12.6. The van der Waals surface area contributed by atoms with Crippen LogP contribution in [-0.2, 0) is 9.84 Å². The van der Waals surface area contributed by atoms with Gasteiger partial charge in [0.25, 0.3) is 11.6 Å². The summed E-state index contributed by atoms with van der Waals surface area (Å²) in [4.78, 5) is 24.7. The Morgan fingerprint density at radius 3 is 2.58 bits per heavy atom. The average Bonchev–Trinajstić information content (AvgIpc) is 3.27. The van der Waals surface area contributed by atoms with Gasteiger partial charge in [0, 0.05) is 30.8 Å². The Labute approximate surface area is 139 Å². The van der Waals surface area contributed by atoms with E-state index in [1.165, 1.54) is 18.0 Å². The Morgan fingerprint density at radius 2 is 2.04 bits per heavy atom. The lowest BCUT2D eigenvalue weighted by Crippen LogP contribution is -2.37. The molecule has 1 unspecified atom stereocenters. The molecule has 1 saturated carbocycles. The molecule has 1 heterocycles. The molecule has 1 aliphatic carbocycles. The van der Waals surface area contributed by atoms with Crippen LogP contribution in [0.4, 0.5) is 11.4 Å². The molecule has 1 amide bonds. The van der Waals surface area contributed by atoms with E-state index in [0.717, 1.165) is 12.8 Å². The molecular formula is C15H19N3O5S. The summed E-state index contributed by atoms with van der Waals surface area (Å²) in [6, 6.07) is 4.22. The van der Waals surface area contributed by atoms with Crippen molar-refractivity contribution in [3.63, 3.8) is 0 Å². The zero-order valence-corrected chi connectivity index (χ0v) is 14.1. The third-order valence-electron chi connectivity index (χ3n) is 4.45. The van der Waals surface area contributed by atoms with Gasteiger partial charge in [0.2, 0.25) is 0 Å². The fourth-order valence-electron chi connectivity index (χ4n) is 2.84. The zero-order chi connectivity index (χ0) is 17.5. The van der Waals surface area contributed by atoms with Gasteiger partial charge in [0.05, 0.1) is 16.4 Å². The molecule has 24 heavy (non-hydrogen) atoms. The van der Waals surface area contributed by atoms with Crippen molar-refractivity contribution in [2.24, 2.45) is 0 Å². The predicted octanol–water partition coefficient (Wildman–Crippen LogP) is 1.43. The first-order chi connectivity index (χ1) is 11.3. The molecule has 1 aliphatic heterocycles. The summed E-state index contributed by atoms with van der Waals surface area (Å²) in [7, 11) is -1.57. The van der Waals surface area contributed by atoms with Crippen LogP contribution in [0.2, 0.25) is 0 Å².